The minimum Gasteiger partial charge on any atom is -0.314 e. The van der Waals surface area contributed by atoms with Crippen molar-refractivity contribution < 1.29 is 4.18 Å². The molecule has 0 aromatic carbocycles. The summed E-state index contributed by atoms with van der Waals surface area (Å²) in [4.78, 5) is 0. The van der Waals surface area contributed by atoms with Crippen LogP contribution >= 0.6 is 18.8 Å². The van der Waals surface area contributed by atoms with E-state index in [0.717, 1.165) is 0 Å². The zero-order valence-electron chi connectivity index (χ0n) is 4.26. The van der Waals surface area contributed by atoms with Crippen LogP contribution in [-0.2, 0) is 4.18 Å². The molecule has 0 aliphatic heterocycles. The number of rotatable bonds is 2. The van der Waals surface area contributed by atoms with E-state index >= 15 is 0 Å². The largest absolute Gasteiger partial charge is 0.314 e. The van der Waals surface area contributed by atoms with Crippen LogP contribution in [0.1, 0.15) is 0 Å². The molecule has 0 radical (unpaired) electrons. The van der Waals surface area contributed by atoms with Crippen LogP contribution in [0.4, 0.5) is 0 Å². The molecule has 0 saturated carbocycles. The molecule has 0 aromatic rings. The van der Waals surface area contributed by atoms with E-state index in [1.807, 2.05) is 0 Å². The van der Waals surface area contributed by atoms with Gasteiger partial charge in [-0.1, -0.05) is 0 Å². The number of hydrogen-bond acceptors (Lipinski definition) is 2. The van der Waals surface area contributed by atoms with E-state index in [9.17, 15) is 0 Å². The summed E-state index contributed by atoms with van der Waals surface area (Å²) in [7, 11) is 1.80. The van der Waals surface area contributed by atoms with Crippen molar-refractivity contribution in [1.29, 1.82) is 0 Å². The lowest BCUT2D eigenvalue weighted by Gasteiger charge is -1.96. The highest BCUT2D eigenvalue weighted by atomic mass is 32.7. The summed E-state index contributed by atoms with van der Waals surface area (Å²) in [6.45, 7) is 4.31. The minimum absolute atomic E-state index is 0.0939. The molecule has 0 rings (SSSR count). The molecule has 0 aliphatic rings. The van der Waals surface area contributed by atoms with E-state index in [1.54, 1.807) is 18.8 Å². The van der Waals surface area contributed by atoms with E-state index in [-0.39, 0.29) is 7.12 Å². The molecule has 0 N–H and O–H groups in total. The fraction of sp³-hybridized carbons (Fsp3) is 1.00. The second-order valence-electron chi connectivity index (χ2n) is 1.05. The summed E-state index contributed by atoms with van der Waals surface area (Å²) in [5.41, 5.74) is 0. The Labute approximate surface area is 44.2 Å². The van der Waals surface area contributed by atoms with Gasteiger partial charge in [0.25, 0.3) is 0 Å². The van der Waals surface area contributed by atoms with E-state index in [4.69, 9.17) is 4.18 Å². The summed E-state index contributed by atoms with van der Waals surface area (Å²) in [6, 6.07) is 0. The Morgan fingerprint density at radius 3 is 2.00 bits per heavy atom. The van der Waals surface area contributed by atoms with Gasteiger partial charge in [0.15, 0.2) is 0 Å². The van der Waals surface area contributed by atoms with Crippen LogP contribution < -0.4 is 0 Å². The predicted octanol–water partition coefficient (Wildman–Crippen LogP) is 1.94. The molecule has 0 bridgehead atoms. The van der Waals surface area contributed by atoms with Crippen molar-refractivity contribution in [3.05, 3.63) is 0 Å². The van der Waals surface area contributed by atoms with Gasteiger partial charge in [-0.3, -0.25) is 0 Å². The Morgan fingerprint density at radius 1 is 1.50 bits per heavy atom. The normalized spacial score (nSPS) is 10.0. The molecule has 6 heavy (non-hydrogen) atoms. The fourth-order valence-electron chi connectivity index (χ4n) is 0.149. The van der Waals surface area contributed by atoms with Crippen molar-refractivity contribution >= 4 is 18.8 Å². The average molecular weight is 124 g/mol. The summed E-state index contributed by atoms with van der Waals surface area (Å²) in [5.74, 6) is 0. The quantitative estimate of drug-likeness (QED) is 0.411. The van der Waals surface area contributed by atoms with Crippen molar-refractivity contribution in [3.8, 4) is 0 Å². The zero-order valence-corrected chi connectivity index (χ0v) is 5.97. The first-order valence-corrected chi connectivity index (χ1v) is 5.23. The maximum atomic E-state index is 4.75. The van der Waals surface area contributed by atoms with Gasteiger partial charge in [0, 0.05) is 11.7 Å². The molecule has 1 nitrogen and oxygen atoms in total. The van der Waals surface area contributed by atoms with Gasteiger partial charge in [-0.2, -0.15) is 0 Å². The third-order valence-electron chi connectivity index (χ3n) is 0.224. The summed E-state index contributed by atoms with van der Waals surface area (Å²) in [5, 5.41) is 0. The molecule has 0 spiro atoms. The van der Waals surface area contributed by atoms with Crippen molar-refractivity contribution in [2.24, 2.45) is 0 Å². The first-order chi connectivity index (χ1) is 2.77. The molecular weight excluding hydrogens is 115 g/mol. The van der Waals surface area contributed by atoms with E-state index in [2.05, 4.69) is 13.3 Å². The van der Waals surface area contributed by atoms with Crippen LogP contribution in [0.3, 0.4) is 0 Å². The van der Waals surface area contributed by atoms with Crippen LogP contribution in [0.15, 0.2) is 0 Å². The molecule has 3 heteroatoms. The van der Waals surface area contributed by atoms with Gasteiger partial charge in [-0.05, 0) is 20.5 Å². The monoisotopic (exact) mass is 124 g/mol. The Hall–Kier alpha value is 0.740. The van der Waals surface area contributed by atoms with Crippen molar-refractivity contribution in [3.63, 3.8) is 0 Å². The molecule has 38 valence electrons. The van der Waals surface area contributed by atoms with E-state index in [1.165, 1.54) is 0 Å². The Balaban J connectivity index is 2.63. The third-order valence-corrected chi connectivity index (χ3v) is 2.01. The maximum absolute atomic E-state index is 4.75. The lowest BCUT2D eigenvalue weighted by molar-refractivity contribution is 0.497. The van der Waals surface area contributed by atoms with Crippen molar-refractivity contribution in [1.82, 2.24) is 0 Å². The van der Waals surface area contributed by atoms with Crippen molar-refractivity contribution in [2.75, 3.05) is 20.4 Å². The standard InChI is InChI=1S/C3H9OPS/c1-4-6-5(2)3/h1-3H3. The Bertz CT molecular complexity index is 32.0. The molecule has 0 aromatic heterocycles. The van der Waals surface area contributed by atoms with Gasteiger partial charge in [-0.15, -0.1) is 0 Å². The highest BCUT2D eigenvalue weighted by Crippen LogP contribution is 2.41. The van der Waals surface area contributed by atoms with Crippen LogP contribution in [0, 0.1) is 0 Å². The van der Waals surface area contributed by atoms with Crippen LogP contribution in [-0.4, -0.2) is 20.4 Å². The van der Waals surface area contributed by atoms with Gasteiger partial charge in [0.1, 0.15) is 0 Å². The lowest BCUT2D eigenvalue weighted by Crippen LogP contribution is -1.59. The summed E-state index contributed by atoms with van der Waals surface area (Å²) in [6.07, 6.45) is 0. The molecular formula is C3H9OPS. The molecule has 0 atom stereocenters. The SMILES string of the molecule is COSP(C)C. The fourth-order valence-corrected chi connectivity index (χ4v) is 1.34. The topological polar surface area (TPSA) is 9.23 Å². The van der Waals surface area contributed by atoms with Gasteiger partial charge in [-0.25, -0.2) is 0 Å². The van der Waals surface area contributed by atoms with E-state index in [0.29, 0.717) is 0 Å². The number of hydrogen-bond donors (Lipinski definition) is 0. The van der Waals surface area contributed by atoms with Gasteiger partial charge >= 0.3 is 0 Å². The first kappa shape index (κ1) is 6.74. The maximum Gasteiger partial charge on any atom is 0.0507 e. The van der Waals surface area contributed by atoms with Gasteiger partial charge in [0.05, 0.1) is 7.11 Å². The molecule has 0 amide bonds. The molecule has 0 unspecified atom stereocenters. The van der Waals surface area contributed by atoms with Gasteiger partial charge < -0.3 is 4.18 Å². The van der Waals surface area contributed by atoms with Gasteiger partial charge in [0.2, 0.25) is 0 Å². The highest BCUT2D eigenvalue weighted by molar-refractivity contribution is 8.52. The first-order valence-electron chi connectivity index (χ1n) is 1.65. The van der Waals surface area contributed by atoms with Crippen LogP contribution in [0.5, 0.6) is 0 Å². The third kappa shape index (κ3) is 4.74. The highest BCUT2D eigenvalue weighted by Gasteiger charge is 1.86. The molecule has 0 aliphatic carbocycles. The second kappa shape index (κ2) is 3.91. The second-order valence-corrected chi connectivity index (χ2v) is 5.80. The smallest absolute Gasteiger partial charge is 0.0507 e. The lowest BCUT2D eigenvalue weighted by atomic mass is 11.8. The Morgan fingerprint density at radius 2 is 2.00 bits per heavy atom. The predicted molar refractivity (Wildman–Crippen MR) is 33.4 cm³/mol. The molecule has 0 fully saturated rings. The zero-order chi connectivity index (χ0) is 4.99. The summed E-state index contributed by atoms with van der Waals surface area (Å²) >= 11 is 1.55. The van der Waals surface area contributed by atoms with Crippen LogP contribution in [0.2, 0.25) is 0 Å². The van der Waals surface area contributed by atoms with Crippen LogP contribution in [0.25, 0.3) is 0 Å². The van der Waals surface area contributed by atoms with Crippen molar-refractivity contribution in [2.45, 2.75) is 0 Å². The summed E-state index contributed by atoms with van der Waals surface area (Å²) < 4.78 is 4.75. The molecule has 0 saturated heterocycles. The van der Waals surface area contributed by atoms with E-state index < -0.39 is 0 Å². The molecule has 0 heterocycles. The average Bonchev–Trinajstić information content (AvgIpc) is 1.35. The minimum atomic E-state index is 0.0939. The Kier molecular flexibility index (Phi) is 4.40.